The number of esters is 1. The van der Waals surface area contributed by atoms with Gasteiger partial charge < -0.3 is 9.47 Å². The highest BCUT2D eigenvalue weighted by Crippen LogP contribution is 2.48. The fraction of sp³-hybridized carbons (Fsp3) is 0.636. The molecule has 0 N–H and O–H groups in total. The van der Waals surface area contributed by atoms with Crippen molar-refractivity contribution in [3.63, 3.8) is 0 Å². The van der Waals surface area contributed by atoms with Gasteiger partial charge in [0.2, 0.25) is 0 Å². The molecule has 0 amide bonds. The lowest BCUT2D eigenvalue weighted by Crippen LogP contribution is -2.61. The molecule has 1 aromatic carbocycles. The maximum absolute atomic E-state index is 13.3. The summed E-state index contributed by atoms with van der Waals surface area (Å²) in [7, 11) is 1.37. The quantitative estimate of drug-likeness (QED) is 0.534. The Bertz CT molecular complexity index is 750. The molecule has 0 aromatic heterocycles. The molecule has 3 aliphatic rings. The minimum atomic E-state index is -1.12. The normalized spacial score (nSPS) is 30.5. The van der Waals surface area contributed by atoms with Gasteiger partial charge in [-0.15, -0.1) is 0 Å². The molecule has 0 aliphatic carbocycles. The van der Waals surface area contributed by atoms with Crippen molar-refractivity contribution in [2.45, 2.75) is 44.3 Å². The Labute approximate surface area is 170 Å². The van der Waals surface area contributed by atoms with Gasteiger partial charge in [0.15, 0.2) is 5.78 Å². The van der Waals surface area contributed by atoms with E-state index in [4.69, 9.17) is 9.47 Å². The van der Waals surface area contributed by atoms with E-state index >= 15 is 0 Å². The van der Waals surface area contributed by atoms with Gasteiger partial charge >= 0.3 is 5.97 Å². The number of piperidine rings is 1. The monoisotopic (exact) mass is 404 g/mol. The summed E-state index contributed by atoms with van der Waals surface area (Å²) >= 11 is 0. The summed E-state index contributed by atoms with van der Waals surface area (Å²) in [5.74, 6) is -0.661. The van der Waals surface area contributed by atoms with Crippen LogP contribution in [0.25, 0.3) is 0 Å². The molecular weight excluding hydrogens is 375 g/mol. The number of methoxy groups -OCH3 is 1. The van der Waals surface area contributed by atoms with Crippen molar-refractivity contribution in [3.05, 3.63) is 35.6 Å². The number of hydrogen-bond donors (Lipinski definition) is 0. The number of rotatable bonds is 6. The van der Waals surface area contributed by atoms with Crippen LogP contribution in [0.4, 0.5) is 4.39 Å². The molecule has 158 valence electrons. The van der Waals surface area contributed by atoms with E-state index in [1.807, 2.05) is 0 Å². The third kappa shape index (κ3) is 3.83. The fourth-order valence-electron chi connectivity index (χ4n) is 5.31. The molecule has 1 aromatic rings. The van der Waals surface area contributed by atoms with Gasteiger partial charge in [0.05, 0.1) is 20.3 Å². The van der Waals surface area contributed by atoms with Crippen molar-refractivity contribution >= 4 is 11.8 Å². The predicted octanol–water partition coefficient (Wildman–Crippen LogP) is 2.01. The van der Waals surface area contributed by atoms with Crippen molar-refractivity contribution in [3.8, 4) is 0 Å². The smallest absolute Gasteiger partial charge is 0.321 e. The van der Waals surface area contributed by atoms with Crippen LogP contribution in [0.15, 0.2) is 24.3 Å². The molecular formula is C22H29FN2O4. The minimum absolute atomic E-state index is 0.0143. The van der Waals surface area contributed by atoms with Crippen LogP contribution in [0, 0.1) is 11.2 Å². The van der Waals surface area contributed by atoms with Crippen molar-refractivity contribution in [2.75, 3.05) is 40.0 Å². The third-order valence-electron chi connectivity index (χ3n) is 6.88. The first-order valence-corrected chi connectivity index (χ1v) is 10.5. The van der Waals surface area contributed by atoms with E-state index in [0.717, 1.165) is 31.5 Å². The molecule has 4 rings (SSSR count). The minimum Gasteiger partial charge on any atom is -0.468 e. The molecule has 3 atom stereocenters. The largest absolute Gasteiger partial charge is 0.468 e. The topological polar surface area (TPSA) is 59.1 Å². The molecule has 3 fully saturated rings. The van der Waals surface area contributed by atoms with Crippen molar-refractivity contribution in [1.82, 2.24) is 9.80 Å². The van der Waals surface area contributed by atoms with Crippen molar-refractivity contribution in [1.29, 1.82) is 0 Å². The van der Waals surface area contributed by atoms with Gasteiger partial charge in [0.25, 0.3) is 0 Å². The van der Waals surface area contributed by atoms with E-state index < -0.39 is 11.4 Å². The van der Waals surface area contributed by atoms with Crippen LogP contribution in [0.5, 0.6) is 0 Å². The number of carbonyl (C=O) groups is 2. The van der Waals surface area contributed by atoms with E-state index in [0.29, 0.717) is 39.1 Å². The summed E-state index contributed by atoms with van der Waals surface area (Å²) in [4.78, 5) is 30.9. The second-order valence-corrected chi connectivity index (χ2v) is 8.34. The number of Topliss-reactive ketones (excluding diaryl/α,β-unsaturated/α-hetero) is 1. The molecule has 3 aliphatic heterocycles. The maximum Gasteiger partial charge on any atom is 0.321 e. The summed E-state index contributed by atoms with van der Waals surface area (Å²) in [5, 5.41) is 0. The van der Waals surface area contributed by atoms with Crippen LogP contribution in [-0.2, 0) is 25.6 Å². The number of hydrogen-bond acceptors (Lipinski definition) is 6. The second kappa shape index (κ2) is 8.50. The highest BCUT2D eigenvalue weighted by molar-refractivity contribution is 6.05. The Hall–Kier alpha value is -1.83. The Kier molecular flexibility index (Phi) is 5.99. The summed E-state index contributed by atoms with van der Waals surface area (Å²) in [6.45, 7) is 4.29. The molecule has 3 heterocycles. The predicted molar refractivity (Wildman–Crippen MR) is 105 cm³/mol. The van der Waals surface area contributed by atoms with Crippen LogP contribution in [0.3, 0.4) is 0 Å². The van der Waals surface area contributed by atoms with Crippen LogP contribution in [0.1, 0.15) is 31.2 Å². The zero-order chi connectivity index (χ0) is 20.4. The highest BCUT2D eigenvalue weighted by Gasteiger charge is 2.61. The molecule has 2 bridgehead atoms. The summed E-state index contributed by atoms with van der Waals surface area (Å²) in [5.41, 5.74) is -0.135. The SMILES string of the molecule is COC(=O)[C@]1(CCN2CCOCC2)C(=O)C[C@H]2CC[C@H]1N2Cc1ccc(F)cc1. The van der Waals surface area contributed by atoms with Crippen LogP contribution in [0.2, 0.25) is 0 Å². The zero-order valence-electron chi connectivity index (χ0n) is 16.9. The number of halogens is 1. The van der Waals surface area contributed by atoms with Gasteiger partial charge in [-0.25, -0.2) is 4.39 Å². The highest BCUT2D eigenvalue weighted by atomic mass is 19.1. The number of nitrogens with zero attached hydrogens (tertiary/aromatic N) is 2. The van der Waals surface area contributed by atoms with Gasteiger partial charge in [0, 0.05) is 38.1 Å². The molecule has 7 heteroatoms. The molecule has 0 spiro atoms. The average Bonchev–Trinajstić information content (AvgIpc) is 3.05. The van der Waals surface area contributed by atoms with Crippen LogP contribution in [-0.4, -0.2) is 73.6 Å². The first-order chi connectivity index (χ1) is 14.0. The molecule has 0 saturated carbocycles. The van der Waals surface area contributed by atoms with Crippen molar-refractivity contribution in [2.24, 2.45) is 5.41 Å². The lowest BCUT2D eigenvalue weighted by Gasteiger charge is -2.46. The summed E-state index contributed by atoms with van der Waals surface area (Å²) in [6, 6.07) is 6.43. The first-order valence-electron chi connectivity index (χ1n) is 10.5. The van der Waals surface area contributed by atoms with Gasteiger partial charge in [0.1, 0.15) is 11.2 Å². The van der Waals surface area contributed by atoms with E-state index in [1.54, 1.807) is 12.1 Å². The number of fused-ring (bicyclic) bond motifs is 2. The lowest BCUT2D eigenvalue weighted by molar-refractivity contribution is -0.168. The second-order valence-electron chi connectivity index (χ2n) is 8.34. The lowest BCUT2D eigenvalue weighted by atomic mass is 9.70. The number of ether oxygens (including phenoxy) is 2. The van der Waals surface area contributed by atoms with Gasteiger partial charge in [-0.05, 0) is 43.5 Å². The third-order valence-corrected chi connectivity index (χ3v) is 6.88. The standard InChI is InChI=1S/C22H29FN2O4/c1-28-21(27)22(8-9-24-10-12-29-13-11-24)19-7-6-18(14-20(22)26)25(19)15-16-2-4-17(23)5-3-16/h2-5,18-19H,6-15H2,1H3/t18-,19-,22+/m1/s1. The first kappa shape index (κ1) is 20.4. The number of ketones is 1. The van der Waals surface area contributed by atoms with E-state index in [-0.39, 0.29) is 23.7 Å². The average molecular weight is 404 g/mol. The summed E-state index contributed by atoms with van der Waals surface area (Å²) < 4.78 is 23.9. The van der Waals surface area contributed by atoms with E-state index in [1.165, 1.54) is 19.2 Å². The maximum atomic E-state index is 13.3. The Morgan fingerprint density at radius 3 is 2.66 bits per heavy atom. The van der Waals surface area contributed by atoms with Crippen LogP contribution >= 0.6 is 0 Å². The zero-order valence-corrected chi connectivity index (χ0v) is 16.9. The Morgan fingerprint density at radius 2 is 1.97 bits per heavy atom. The molecule has 0 radical (unpaired) electrons. The molecule has 0 unspecified atom stereocenters. The molecule has 29 heavy (non-hydrogen) atoms. The van der Waals surface area contributed by atoms with Crippen LogP contribution < -0.4 is 0 Å². The van der Waals surface area contributed by atoms with E-state index in [2.05, 4.69) is 9.80 Å². The Balaban J connectivity index is 1.58. The number of benzene rings is 1. The van der Waals surface area contributed by atoms with Crippen molar-refractivity contribution < 1.29 is 23.5 Å². The Morgan fingerprint density at radius 1 is 1.24 bits per heavy atom. The van der Waals surface area contributed by atoms with Gasteiger partial charge in [-0.1, -0.05) is 12.1 Å². The molecule has 3 saturated heterocycles. The molecule has 6 nitrogen and oxygen atoms in total. The van der Waals surface area contributed by atoms with E-state index in [9.17, 15) is 14.0 Å². The summed E-state index contributed by atoms with van der Waals surface area (Å²) in [6.07, 6.45) is 2.54. The number of carbonyl (C=O) groups excluding carboxylic acids is 2. The van der Waals surface area contributed by atoms with Gasteiger partial charge in [-0.2, -0.15) is 0 Å². The van der Waals surface area contributed by atoms with Gasteiger partial charge in [-0.3, -0.25) is 19.4 Å². The fourth-order valence-corrected chi connectivity index (χ4v) is 5.31. The number of morpholine rings is 1.